The average Bonchev–Trinajstić information content (AvgIpc) is 2.87. The van der Waals surface area contributed by atoms with Crippen LogP contribution in [0.3, 0.4) is 0 Å². The lowest BCUT2D eigenvalue weighted by atomic mass is 10.2. The number of unbranched alkanes of at least 4 members (excludes halogenated alkanes) is 1. The fraction of sp³-hybridized carbons (Fsp3) is 0.688. The number of ether oxygens (including phenoxy) is 2. The van der Waals surface area contributed by atoms with Gasteiger partial charge in [0.05, 0.1) is 27.7 Å². The maximum atomic E-state index is 12.2. The van der Waals surface area contributed by atoms with Crippen LogP contribution in [-0.4, -0.2) is 69.5 Å². The van der Waals surface area contributed by atoms with Gasteiger partial charge in [-0.3, -0.25) is 4.79 Å². The number of nitrogens with zero attached hydrogens (tertiary/aromatic N) is 2. The molecule has 0 aliphatic carbocycles. The minimum absolute atomic E-state index is 0. The first-order chi connectivity index (χ1) is 11.3. The van der Waals surface area contributed by atoms with E-state index in [1.54, 1.807) is 6.92 Å². The molecule has 0 atom stereocenters. The smallest absolute Gasteiger partial charge is 0.345 e. The minimum Gasteiger partial charge on any atom is -1.00 e. The Balaban J connectivity index is 0.00000576. The lowest BCUT2D eigenvalue weighted by molar-refractivity contribution is -0.862. The fourth-order valence-electron chi connectivity index (χ4n) is 2.03. The van der Waals surface area contributed by atoms with Crippen molar-refractivity contribution >= 4 is 17.6 Å². The molecule has 1 aliphatic heterocycles. The van der Waals surface area contributed by atoms with Crippen LogP contribution >= 0.6 is 0 Å². The number of hydrogen-bond donors (Lipinski definition) is 2. The zero-order valence-electron chi connectivity index (χ0n) is 15.6. The molecule has 0 aromatic carbocycles. The molecule has 2 N–H and O–H groups in total. The van der Waals surface area contributed by atoms with Crippen molar-refractivity contribution in [3.63, 3.8) is 0 Å². The van der Waals surface area contributed by atoms with Crippen LogP contribution in [0.4, 0.5) is 0 Å². The molecular weight excluding hydrogens is 392 g/mol. The Morgan fingerprint density at radius 2 is 1.96 bits per heavy atom. The highest BCUT2D eigenvalue weighted by molar-refractivity contribution is 6.22. The molecule has 0 spiro atoms. The van der Waals surface area contributed by atoms with Gasteiger partial charge in [0.1, 0.15) is 17.9 Å². The monoisotopic (exact) mass is 420 g/mol. The summed E-state index contributed by atoms with van der Waals surface area (Å²) in [6.45, 7) is 5.15. The first-order valence-corrected chi connectivity index (χ1v) is 8.22. The van der Waals surface area contributed by atoms with Gasteiger partial charge in [-0.1, -0.05) is 13.3 Å². The number of carbonyl (C=O) groups is 2. The molecule has 0 saturated carbocycles. The van der Waals surface area contributed by atoms with E-state index < -0.39 is 5.97 Å². The third kappa shape index (κ3) is 8.35. The van der Waals surface area contributed by atoms with Crippen LogP contribution < -0.4 is 27.7 Å². The van der Waals surface area contributed by atoms with Crippen molar-refractivity contribution in [2.45, 2.75) is 26.7 Å². The first-order valence-electron chi connectivity index (χ1n) is 8.22. The van der Waals surface area contributed by atoms with Gasteiger partial charge < -0.3 is 36.3 Å². The highest BCUT2D eigenvalue weighted by Gasteiger charge is 2.31. The molecule has 1 rings (SSSR count). The van der Waals surface area contributed by atoms with Gasteiger partial charge in [0, 0.05) is 6.54 Å². The van der Waals surface area contributed by atoms with E-state index in [1.165, 1.54) is 0 Å². The molecule has 0 saturated heterocycles. The molecule has 8 nitrogen and oxygen atoms in total. The number of likely N-dealkylation sites (N-methyl/N-ethyl adjacent to an activating group) is 1. The minimum atomic E-state index is -0.506. The van der Waals surface area contributed by atoms with Gasteiger partial charge in [-0.2, -0.15) is 5.10 Å². The van der Waals surface area contributed by atoms with Gasteiger partial charge in [0.15, 0.2) is 6.54 Å². The van der Waals surface area contributed by atoms with Crippen molar-refractivity contribution in [3.05, 3.63) is 11.5 Å². The molecule has 1 heterocycles. The van der Waals surface area contributed by atoms with E-state index in [2.05, 4.69) is 22.8 Å². The number of hydrazone groups is 1. The van der Waals surface area contributed by atoms with Crippen LogP contribution in [-0.2, 0) is 19.1 Å². The Labute approximate surface area is 160 Å². The van der Waals surface area contributed by atoms with Gasteiger partial charge in [0.2, 0.25) is 5.88 Å². The van der Waals surface area contributed by atoms with Crippen LogP contribution in [0, 0.1) is 0 Å². The van der Waals surface area contributed by atoms with Gasteiger partial charge in [-0.15, -0.1) is 0 Å². The lowest BCUT2D eigenvalue weighted by Crippen LogP contribution is -3.00. The predicted molar refractivity (Wildman–Crippen MR) is 91.0 cm³/mol. The number of halogens is 1. The SMILES string of the molecule is CCCCNC1=C(C(=O)OCC)/C(=N\NC(=O)C[N+](C)(C)C)CO1.[Br-]. The maximum absolute atomic E-state index is 12.2. The summed E-state index contributed by atoms with van der Waals surface area (Å²) in [7, 11) is 5.72. The second-order valence-electron chi connectivity index (χ2n) is 6.54. The lowest BCUT2D eigenvalue weighted by Gasteiger charge is -2.22. The number of amides is 1. The topological polar surface area (TPSA) is 89.0 Å². The number of esters is 1. The van der Waals surface area contributed by atoms with Crippen molar-refractivity contribution in [2.24, 2.45) is 5.10 Å². The molecule has 0 radical (unpaired) electrons. The fourth-order valence-corrected chi connectivity index (χ4v) is 2.03. The Kier molecular flexibility index (Phi) is 10.4. The van der Waals surface area contributed by atoms with Crippen molar-refractivity contribution in [1.29, 1.82) is 0 Å². The second-order valence-corrected chi connectivity index (χ2v) is 6.54. The van der Waals surface area contributed by atoms with E-state index in [0.717, 1.165) is 12.8 Å². The van der Waals surface area contributed by atoms with Gasteiger partial charge in [0.25, 0.3) is 5.91 Å². The van der Waals surface area contributed by atoms with E-state index >= 15 is 0 Å². The third-order valence-electron chi connectivity index (χ3n) is 3.10. The van der Waals surface area contributed by atoms with E-state index in [0.29, 0.717) is 22.6 Å². The van der Waals surface area contributed by atoms with Crippen LogP contribution in [0.1, 0.15) is 26.7 Å². The van der Waals surface area contributed by atoms with E-state index in [9.17, 15) is 9.59 Å². The largest absolute Gasteiger partial charge is 1.00 e. The Hall–Kier alpha value is -1.61. The highest BCUT2D eigenvalue weighted by Crippen LogP contribution is 2.17. The summed E-state index contributed by atoms with van der Waals surface area (Å²) in [4.78, 5) is 24.1. The molecule has 0 unspecified atom stereocenters. The predicted octanol–water partition coefficient (Wildman–Crippen LogP) is -2.64. The van der Waals surface area contributed by atoms with Crippen LogP contribution in [0.25, 0.3) is 0 Å². The standard InChI is InChI=1S/C16H28N4O4.BrH/c1-6-8-9-17-15-14(16(22)23-7-2)12(11-24-15)18-19-13(21)10-20(3,4)5;/h6-11H2,1-5H3,(H-,17,18,19,21,22);1H. The average molecular weight is 421 g/mol. The summed E-state index contributed by atoms with van der Waals surface area (Å²) >= 11 is 0. The second kappa shape index (κ2) is 11.1. The quantitative estimate of drug-likeness (QED) is 0.184. The molecule has 9 heteroatoms. The summed E-state index contributed by atoms with van der Waals surface area (Å²) in [6, 6.07) is 0. The van der Waals surface area contributed by atoms with Crippen molar-refractivity contribution in [1.82, 2.24) is 10.7 Å². The molecule has 0 aromatic rings. The normalized spacial score (nSPS) is 15.5. The van der Waals surface area contributed by atoms with E-state index in [4.69, 9.17) is 9.47 Å². The van der Waals surface area contributed by atoms with Crippen molar-refractivity contribution < 1.29 is 40.5 Å². The first kappa shape index (κ1) is 23.4. The molecule has 0 aromatic heterocycles. The number of rotatable bonds is 9. The molecule has 25 heavy (non-hydrogen) atoms. The summed E-state index contributed by atoms with van der Waals surface area (Å²) in [5.41, 5.74) is 3.09. The summed E-state index contributed by atoms with van der Waals surface area (Å²) in [5, 5.41) is 7.14. The molecule has 0 bridgehead atoms. The number of quaternary nitrogens is 1. The molecule has 1 aliphatic rings. The van der Waals surface area contributed by atoms with Crippen LogP contribution in [0.15, 0.2) is 16.6 Å². The van der Waals surface area contributed by atoms with E-state index in [-0.39, 0.29) is 48.2 Å². The van der Waals surface area contributed by atoms with Crippen LogP contribution in [0.5, 0.6) is 0 Å². The maximum Gasteiger partial charge on any atom is 0.345 e. The Morgan fingerprint density at radius 3 is 2.52 bits per heavy atom. The number of hydrogen-bond acceptors (Lipinski definition) is 6. The Bertz CT molecular complexity index is 527. The Morgan fingerprint density at radius 1 is 1.28 bits per heavy atom. The van der Waals surface area contributed by atoms with Gasteiger partial charge in [-0.25, -0.2) is 10.2 Å². The van der Waals surface area contributed by atoms with Crippen LogP contribution in [0.2, 0.25) is 0 Å². The third-order valence-corrected chi connectivity index (χ3v) is 3.10. The van der Waals surface area contributed by atoms with E-state index in [1.807, 2.05) is 21.1 Å². The zero-order valence-corrected chi connectivity index (χ0v) is 17.2. The van der Waals surface area contributed by atoms with Crippen molar-refractivity contribution in [3.8, 4) is 0 Å². The highest BCUT2D eigenvalue weighted by atomic mass is 79.9. The summed E-state index contributed by atoms with van der Waals surface area (Å²) in [6.07, 6.45) is 1.98. The molecule has 144 valence electrons. The van der Waals surface area contributed by atoms with Gasteiger partial charge >= 0.3 is 5.97 Å². The summed E-state index contributed by atoms with van der Waals surface area (Å²) in [5.74, 6) is -0.374. The summed E-state index contributed by atoms with van der Waals surface area (Å²) < 4.78 is 11.1. The zero-order chi connectivity index (χ0) is 18.2. The van der Waals surface area contributed by atoms with Crippen molar-refractivity contribution in [2.75, 3.05) is 47.4 Å². The molecule has 0 fully saturated rings. The van der Waals surface area contributed by atoms with Gasteiger partial charge in [-0.05, 0) is 13.3 Å². The molecule has 1 amide bonds. The number of nitrogens with one attached hydrogen (secondary N) is 2. The number of carbonyl (C=O) groups excluding carboxylic acids is 2. The molecular formula is C16H29BrN4O4.